The minimum absolute atomic E-state index is 0.106. The number of carbonyl (C=O) groups is 1. The molecule has 1 N–H and O–H groups in total. The summed E-state index contributed by atoms with van der Waals surface area (Å²) in [5.74, 6) is -0.0652. The minimum atomic E-state index is -3.58. The van der Waals surface area contributed by atoms with Gasteiger partial charge in [-0.05, 0) is 54.8 Å². The van der Waals surface area contributed by atoms with Gasteiger partial charge < -0.3 is 10.1 Å². The second kappa shape index (κ2) is 8.70. The molecule has 28 heavy (non-hydrogen) atoms. The van der Waals surface area contributed by atoms with Gasteiger partial charge in [-0.25, -0.2) is 12.8 Å². The summed E-state index contributed by atoms with van der Waals surface area (Å²) in [5, 5.41) is 2.84. The van der Waals surface area contributed by atoms with Crippen molar-refractivity contribution >= 4 is 15.9 Å². The number of halogens is 1. The van der Waals surface area contributed by atoms with E-state index in [9.17, 15) is 17.6 Å². The van der Waals surface area contributed by atoms with Crippen LogP contribution in [-0.2, 0) is 21.4 Å². The fourth-order valence-corrected chi connectivity index (χ4v) is 4.66. The van der Waals surface area contributed by atoms with Gasteiger partial charge in [0, 0.05) is 25.6 Å². The maximum absolute atomic E-state index is 12.9. The molecule has 0 bridgehead atoms. The van der Waals surface area contributed by atoms with Crippen LogP contribution in [0.4, 0.5) is 4.39 Å². The molecular weight excluding hydrogens is 383 g/mol. The van der Waals surface area contributed by atoms with E-state index >= 15 is 0 Å². The van der Waals surface area contributed by atoms with Gasteiger partial charge >= 0.3 is 0 Å². The Morgan fingerprint density at radius 1 is 1.11 bits per heavy atom. The molecule has 150 valence electrons. The van der Waals surface area contributed by atoms with Gasteiger partial charge in [-0.1, -0.05) is 12.1 Å². The van der Waals surface area contributed by atoms with E-state index < -0.39 is 10.0 Å². The summed E-state index contributed by atoms with van der Waals surface area (Å²) in [6.07, 6.45) is 0.926. The van der Waals surface area contributed by atoms with Crippen LogP contribution in [-0.4, -0.2) is 38.8 Å². The normalized spacial score (nSPS) is 15.9. The summed E-state index contributed by atoms with van der Waals surface area (Å²) in [4.78, 5) is 12.6. The van der Waals surface area contributed by atoms with Crippen molar-refractivity contribution in [2.24, 2.45) is 5.92 Å². The highest BCUT2D eigenvalue weighted by Crippen LogP contribution is 2.25. The number of ether oxygens (including phenoxy) is 1. The largest absolute Gasteiger partial charge is 0.497 e. The lowest BCUT2D eigenvalue weighted by atomic mass is 9.97. The second-order valence-corrected chi connectivity index (χ2v) is 8.64. The van der Waals surface area contributed by atoms with Crippen LogP contribution in [0.3, 0.4) is 0 Å². The Kier molecular flexibility index (Phi) is 6.31. The number of sulfonamides is 1. The number of rotatable bonds is 6. The first-order valence-corrected chi connectivity index (χ1v) is 10.5. The Bertz CT molecular complexity index is 906. The Morgan fingerprint density at radius 2 is 1.71 bits per heavy atom. The zero-order chi connectivity index (χ0) is 20.1. The highest BCUT2D eigenvalue weighted by Gasteiger charge is 2.32. The third kappa shape index (κ3) is 4.69. The molecule has 1 aliphatic heterocycles. The Hall–Kier alpha value is -2.45. The van der Waals surface area contributed by atoms with E-state index in [1.54, 1.807) is 24.3 Å². The summed E-state index contributed by atoms with van der Waals surface area (Å²) >= 11 is 0. The monoisotopic (exact) mass is 406 g/mol. The van der Waals surface area contributed by atoms with E-state index in [1.807, 2.05) is 0 Å². The molecule has 8 heteroatoms. The van der Waals surface area contributed by atoms with Gasteiger partial charge in [-0.15, -0.1) is 0 Å². The maximum Gasteiger partial charge on any atom is 0.243 e. The number of hydrogen-bond acceptors (Lipinski definition) is 4. The molecular formula is C20H23FN2O4S. The standard InChI is InChI=1S/C20H23FN2O4S/c1-27-18-6-8-19(9-7-18)28(25,26)23-12-10-16(11-13-23)20(24)22-14-15-2-4-17(21)5-3-15/h2-9,16H,10-14H2,1H3,(H,22,24). The molecule has 0 saturated carbocycles. The van der Waals surface area contributed by atoms with Crippen molar-refractivity contribution < 1.29 is 22.3 Å². The zero-order valence-corrected chi connectivity index (χ0v) is 16.4. The highest BCUT2D eigenvalue weighted by molar-refractivity contribution is 7.89. The van der Waals surface area contributed by atoms with E-state index in [4.69, 9.17) is 4.74 Å². The predicted molar refractivity (Wildman–Crippen MR) is 103 cm³/mol. The van der Waals surface area contributed by atoms with Crippen molar-refractivity contribution in [2.75, 3.05) is 20.2 Å². The second-order valence-electron chi connectivity index (χ2n) is 6.70. The molecule has 1 saturated heterocycles. The molecule has 0 spiro atoms. The van der Waals surface area contributed by atoms with Gasteiger partial charge in [-0.2, -0.15) is 4.31 Å². The molecule has 6 nitrogen and oxygen atoms in total. The highest BCUT2D eigenvalue weighted by atomic mass is 32.2. The van der Waals surface area contributed by atoms with Crippen molar-refractivity contribution in [2.45, 2.75) is 24.3 Å². The quantitative estimate of drug-likeness (QED) is 0.800. The van der Waals surface area contributed by atoms with Gasteiger partial charge in [0.1, 0.15) is 11.6 Å². The number of piperidine rings is 1. The molecule has 0 atom stereocenters. The predicted octanol–water partition coefficient (Wildman–Crippen LogP) is 2.55. The van der Waals surface area contributed by atoms with Gasteiger partial charge in [0.05, 0.1) is 12.0 Å². The summed E-state index contributed by atoms with van der Waals surface area (Å²) < 4.78 is 44.9. The fourth-order valence-electron chi connectivity index (χ4n) is 3.19. The van der Waals surface area contributed by atoms with Gasteiger partial charge in [0.15, 0.2) is 0 Å². The smallest absolute Gasteiger partial charge is 0.243 e. The van der Waals surface area contributed by atoms with Gasteiger partial charge in [0.2, 0.25) is 15.9 Å². The van der Waals surface area contributed by atoms with Gasteiger partial charge in [0.25, 0.3) is 0 Å². The molecule has 2 aromatic rings. The Balaban J connectivity index is 1.54. The van der Waals surface area contributed by atoms with E-state index in [0.29, 0.717) is 38.2 Å². The van der Waals surface area contributed by atoms with E-state index in [-0.39, 0.29) is 22.5 Å². The number of nitrogens with zero attached hydrogens (tertiary/aromatic N) is 1. The summed E-state index contributed by atoms with van der Waals surface area (Å²) in [5.41, 5.74) is 0.814. The van der Waals surface area contributed by atoms with Crippen LogP contribution in [0.15, 0.2) is 53.4 Å². The molecule has 1 fully saturated rings. The maximum atomic E-state index is 12.9. The van der Waals surface area contributed by atoms with E-state index in [0.717, 1.165) is 5.56 Å². The molecule has 0 aliphatic carbocycles. The first-order valence-electron chi connectivity index (χ1n) is 9.06. The van der Waals surface area contributed by atoms with Crippen molar-refractivity contribution in [3.63, 3.8) is 0 Å². The molecule has 1 amide bonds. The average molecular weight is 406 g/mol. The third-order valence-corrected chi connectivity index (χ3v) is 6.81. The van der Waals surface area contributed by atoms with Crippen molar-refractivity contribution in [3.05, 3.63) is 59.9 Å². The molecule has 1 aliphatic rings. The molecule has 3 rings (SSSR count). The number of amides is 1. The first-order chi connectivity index (χ1) is 13.4. The summed E-state index contributed by atoms with van der Waals surface area (Å²) in [7, 11) is -2.06. The van der Waals surface area contributed by atoms with Crippen LogP contribution < -0.4 is 10.1 Å². The fraction of sp³-hybridized carbons (Fsp3) is 0.350. The summed E-state index contributed by atoms with van der Waals surface area (Å²) in [6, 6.07) is 12.2. The lowest BCUT2D eigenvalue weighted by Crippen LogP contribution is -2.42. The van der Waals surface area contributed by atoms with Crippen LogP contribution in [0.1, 0.15) is 18.4 Å². The molecule has 0 radical (unpaired) electrons. The first kappa shape index (κ1) is 20.3. The van der Waals surface area contributed by atoms with Gasteiger partial charge in [-0.3, -0.25) is 4.79 Å². The van der Waals surface area contributed by atoms with E-state index in [1.165, 1.54) is 35.7 Å². The molecule has 0 unspecified atom stereocenters. The number of carbonyl (C=O) groups excluding carboxylic acids is 1. The van der Waals surface area contributed by atoms with Crippen LogP contribution >= 0.6 is 0 Å². The third-order valence-electron chi connectivity index (χ3n) is 4.90. The van der Waals surface area contributed by atoms with Crippen LogP contribution in [0, 0.1) is 11.7 Å². The number of benzene rings is 2. The number of nitrogens with one attached hydrogen (secondary N) is 1. The number of methoxy groups -OCH3 is 1. The van der Waals surface area contributed by atoms with Crippen LogP contribution in [0.2, 0.25) is 0 Å². The zero-order valence-electron chi connectivity index (χ0n) is 15.6. The Labute approximate surface area is 164 Å². The number of hydrogen-bond donors (Lipinski definition) is 1. The van der Waals surface area contributed by atoms with Crippen LogP contribution in [0.5, 0.6) is 5.75 Å². The van der Waals surface area contributed by atoms with Crippen LogP contribution in [0.25, 0.3) is 0 Å². The summed E-state index contributed by atoms with van der Waals surface area (Å²) in [6.45, 7) is 0.912. The molecule has 0 aromatic heterocycles. The Morgan fingerprint density at radius 3 is 2.29 bits per heavy atom. The SMILES string of the molecule is COc1ccc(S(=O)(=O)N2CCC(C(=O)NCc3ccc(F)cc3)CC2)cc1. The molecule has 1 heterocycles. The lowest BCUT2D eigenvalue weighted by molar-refractivity contribution is -0.126. The van der Waals surface area contributed by atoms with E-state index in [2.05, 4.69) is 5.32 Å². The van der Waals surface area contributed by atoms with Crippen molar-refractivity contribution in [1.82, 2.24) is 9.62 Å². The van der Waals surface area contributed by atoms with Crippen molar-refractivity contribution in [3.8, 4) is 5.75 Å². The molecule has 2 aromatic carbocycles. The topological polar surface area (TPSA) is 75.7 Å². The average Bonchev–Trinajstić information content (AvgIpc) is 2.73. The minimum Gasteiger partial charge on any atom is -0.497 e. The lowest BCUT2D eigenvalue weighted by Gasteiger charge is -2.30. The van der Waals surface area contributed by atoms with Crippen molar-refractivity contribution in [1.29, 1.82) is 0 Å².